The maximum absolute atomic E-state index is 13.9. The van der Waals surface area contributed by atoms with Crippen LogP contribution in [0.1, 0.15) is 41.0 Å². The van der Waals surface area contributed by atoms with Crippen LogP contribution in [0.3, 0.4) is 0 Å². The smallest absolute Gasteiger partial charge is 0.329 e. The Morgan fingerprint density at radius 2 is 1.59 bits per heavy atom. The second-order valence-electron chi connectivity index (χ2n) is 10.1. The number of piperidine rings is 1. The first-order valence-corrected chi connectivity index (χ1v) is 14.1. The number of hydrogen-bond donors (Lipinski definition) is 0. The van der Waals surface area contributed by atoms with Crippen molar-refractivity contribution in [2.24, 2.45) is 0 Å². The summed E-state index contributed by atoms with van der Waals surface area (Å²) >= 11 is 0. The molecule has 194 valence electrons. The highest BCUT2D eigenvalue weighted by Gasteiger charge is 2.57. The molecule has 0 radical (unpaired) electrons. The highest BCUT2D eigenvalue weighted by molar-refractivity contribution is 7.91. The minimum absolute atomic E-state index is 0.156. The highest BCUT2D eigenvalue weighted by atomic mass is 32.2. The number of nitrogens with zero attached hydrogens (tertiary/aromatic N) is 1. The summed E-state index contributed by atoms with van der Waals surface area (Å²) in [4.78, 5) is 13.0. The predicted molar refractivity (Wildman–Crippen MR) is 144 cm³/mol. The number of esters is 1. The van der Waals surface area contributed by atoms with Crippen molar-refractivity contribution in [1.29, 1.82) is 0 Å². The third-order valence-corrected chi connectivity index (χ3v) is 10.5. The van der Waals surface area contributed by atoms with Gasteiger partial charge >= 0.3 is 5.97 Å². The van der Waals surface area contributed by atoms with E-state index < -0.39 is 20.7 Å². The van der Waals surface area contributed by atoms with Gasteiger partial charge in [0.05, 0.1) is 14.2 Å². The van der Waals surface area contributed by atoms with Crippen LogP contribution in [0, 0.1) is 6.92 Å². The lowest BCUT2D eigenvalue weighted by Gasteiger charge is -2.37. The molecule has 0 N–H and O–H groups in total. The van der Waals surface area contributed by atoms with Gasteiger partial charge in [0.15, 0.2) is 4.75 Å². The largest absolute Gasteiger partial charge is 0.497 e. The topological polar surface area (TPSA) is 72.9 Å². The van der Waals surface area contributed by atoms with E-state index in [1.807, 2.05) is 42.5 Å². The first kappa shape index (κ1) is 25.5. The molecule has 3 aromatic rings. The van der Waals surface area contributed by atoms with Gasteiger partial charge in [-0.15, -0.1) is 0 Å². The quantitative estimate of drug-likeness (QED) is 0.434. The molecular weight excluding hydrogens is 486 g/mol. The van der Waals surface area contributed by atoms with E-state index in [1.165, 1.54) is 22.5 Å². The summed E-state index contributed by atoms with van der Waals surface area (Å²) in [6, 6.07) is 22.1. The lowest BCUT2D eigenvalue weighted by molar-refractivity contribution is -0.143. The maximum Gasteiger partial charge on any atom is 0.329 e. The van der Waals surface area contributed by atoms with Crippen LogP contribution in [0.2, 0.25) is 0 Å². The number of sulfonamides is 1. The van der Waals surface area contributed by atoms with Crippen molar-refractivity contribution < 1.29 is 22.7 Å². The van der Waals surface area contributed by atoms with Gasteiger partial charge in [-0.05, 0) is 71.2 Å². The standard InChI is InChI=1S/C30H33NO5S/c1-21-17-23(11-12-28(21)24-9-6-10-27(18-24)35-2)22-13-15-31(16-14-22)37(33,34)30(29(32)36-3)19-25-7-4-5-8-26(25)20-30/h4-12,17-18,22H,13-16,19-20H2,1-3H3. The summed E-state index contributed by atoms with van der Waals surface area (Å²) in [6.07, 6.45) is 1.73. The number of ether oxygens (including phenoxy) is 2. The number of carbonyl (C=O) groups excluding carboxylic acids is 1. The van der Waals surface area contributed by atoms with Crippen LogP contribution in [0.15, 0.2) is 66.7 Å². The average Bonchev–Trinajstić information content (AvgIpc) is 3.34. The summed E-state index contributed by atoms with van der Waals surface area (Å²) in [5.41, 5.74) is 6.46. The van der Waals surface area contributed by atoms with Gasteiger partial charge in [-0.1, -0.05) is 54.6 Å². The average molecular weight is 520 g/mol. The van der Waals surface area contributed by atoms with Crippen molar-refractivity contribution in [1.82, 2.24) is 4.31 Å². The van der Waals surface area contributed by atoms with Crippen LogP contribution >= 0.6 is 0 Å². The molecule has 1 aliphatic heterocycles. The lowest BCUT2D eigenvalue weighted by atomic mass is 9.87. The summed E-state index contributed by atoms with van der Waals surface area (Å²) in [5, 5.41) is 0. The van der Waals surface area contributed by atoms with Gasteiger partial charge in [0, 0.05) is 25.9 Å². The van der Waals surface area contributed by atoms with Crippen molar-refractivity contribution in [3.05, 3.63) is 89.0 Å². The molecule has 0 bridgehead atoms. The third kappa shape index (κ3) is 4.44. The van der Waals surface area contributed by atoms with Gasteiger partial charge in [0.25, 0.3) is 0 Å². The second-order valence-corrected chi connectivity index (χ2v) is 12.3. The van der Waals surface area contributed by atoms with Crippen molar-refractivity contribution >= 4 is 16.0 Å². The summed E-state index contributed by atoms with van der Waals surface area (Å²) < 4.78 is 38.3. The molecule has 0 saturated carbocycles. The molecule has 6 nitrogen and oxygen atoms in total. The first-order chi connectivity index (χ1) is 17.8. The van der Waals surface area contributed by atoms with Crippen LogP contribution in [0.25, 0.3) is 11.1 Å². The Labute approximate surface area is 219 Å². The van der Waals surface area contributed by atoms with E-state index >= 15 is 0 Å². The first-order valence-electron chi connectivity index (χ1n) is 12.7. The normalized spacial score (nSPS) is 17.8. The number of carbonyl (C=O) groups is 1. The number of rotatable bonds is 6. The van der Waals surface area contributed by atoms with E-state index in [0.717, 1.165) is 28.0 Å². The molecule has 2 aliphatic rings. The van der Waals surface area contributed by atoms with Gasteiger partial charge in [-0.2, -0.15) is 0 Å². The van der Waals surface area contributed by atoms with Gasteiger partial charge in [-0.3, -0.25) is 4.79 Å². The van der Waals surface area contributed by atoms with Crippen molar-refractivity contribution in [3.63, 3.8) is 0 Å². The SMILES string of the molecule is COC(=O)C1(S(=O)(=O)N2CCC(c3ccc(-c4cccc(OC)c4)c(C)c3)CC2)Cc2ccccc2C1. The van der Waals surface area contributed by atoms with Crippen LogP contribution in [0.4, 0.5) is 0 Å². The maximum atomic E-state index is 13.9. The minimum atomic E-state index is -3.92. The fourth-order valence-corrected chi connectivity index (χ4v) is 8.09. The van der Waals surface area contributed by atoms with Gasteiger partial charge in [-0.25, -0.2) is 12.7 Å². The minimum Gasteiger partial charge on any atom is -0.497 e. The Kier molecular flexibility index (Phi) is 6.86. The Balaban J connectivity index is 1.33. The van der Waals surface area contributed by atoms with E-state index in [9.17, 15) is 13.2 Å². The van der Waals surface area contributed by atoms with Crippen LogP contribution < -0.4 is 4.74 Å². The van der Waals surface area contributed by atoms with Crippen molar-refractivity contribution in [2.75, 3.05) is 27.3 Å². The Bertz CT molecular complexity index is 1400. The molecule has 0 atom stereocenters. The second kappa shape index (κ2) is 9.95. The van der Waals surface area contributed by atoms with E-state index in [2.05, 4.69) is 31.2 Å². The van der Waals surface area contributed by atoms with Crippen LogP contribution in [-0.4, -0.2) is 50.7 Å². The fraction of sp³-hybridized carbons (Fsp3) is 0.367. The Morgan fingerprint density at radius 1 is 0.919 bits per heavy atom. The number of hydrogen-bond acceptors (Lipinski definition) is 5. The monoisotopic (exact) mass is 519 g/mol. The zero-order valence-corrected chi connectivity index (χ0v) is 22.4. The molecule has 1 fully saturated rings. The fourth-order valence-electron chi connectivity index (χ4n) is 5.93. The van der Waals surface area contributed by atoms with E-state index in [1.54, 1.807) is 7.11 Å². The van der Waals surface area contributed by atoms with Crippen molar-refractivity contribution in [2.45, 2.75) is 43.3 Å². The number of methoxy groups -OCH3 is 2. The lowest BCUT2D eigenvalue weighted by Crippen LogP contribution is -2.56. The molecule has 37 heavy (non-hydrogen) atoms. The summed E-state index contributed by atoms with van der Waals surface area (Å²) in [5.74, 6) is 0.415. The molecular formula is C30H33NO5S. The summed E-state index contributed by atoms with van der Waals surface area (Å²) in [7, 11) is -0.982. The van der Waals surface area contributed by atoms with Crippen molar-refractivity contribution in [3.8, 4) is 16.9 Å². The van der Waals surface area contributed by atoms with E-state index in [0.29, 0.717) is 25.9 Å². The van der Waals surface area contributed by atoms with Crippen LogP contribution in [0.5, 0.6) is 5.75 Å². The van der Waals surface area contributed by atoms with Gasteiger partial charge in [0.1, 0.15) is 5.75 Å². The van der Waals surface area contributed by atoms with E-state index in [-0.39, 0.29) is 18.8 Å². The van der Waals surface area contributed by atoms with E-state index in [4.69, 9.17) is 9.47 Å². The van der Waals surface area contributed by atoms with Gasteiger partial charge in [0.2, 0.25) is 10.0 Å². The number of fused-ring (bicyclic) bond motifs is 1. The molecule has 0 amide bonds. The number of aryl methyl sites for hydroxylation is 1. The molecule has 0 aromatic heterocycles. The molecule has 0 unspecified atom stereocenters. The van der Waals surface area contributed by atoms with Crippen LogP contribution in [-0.2, 0) is 32.4 Å². The molecule has 7 heteroatoms. The number of benzene rings is 3. The summed E-state index contributed by atoms with van der Waals surface area (Å²) in [6.45, 7) is 2.88. The zero-order valence-electron chi connectivity index (χ0n) is 21.6. The zero-order chi connectivity index (χ0) is 26.2. The third-order valence-electron chi connectivity index (χ3n) is 8.02. The molecule has 3 aromatic carbocycles. The Hall–Kier alpha value is -3.16. The molecule has 5 rings (SSSR count). The van der Waals surface area contributed by atoms with Gasteiger partial charge < -0.3 is 9.47 Å². The highest BCUT2D eigenvalue weighted by Crippen LogP contribution is 2.41. The predicted octanol–water partition coefficient (Wildman–Crippen LogP) is 4.89. The Morgan fingerprint density at radius 3 is 2.19 bits per heavy atom. The molecule has 1 aliphatic carbocycles. The molecule has 0 spiro atoms. The molecule has 1 saturated heterocycles. The molecule has 1 heterocycles.